The van der Waals surface area contributed by atoms with E-state index >= 15 is 0 Å². The third-order valence-corrected chi connectivity index (χ3v) is 4.37. The highest BCUT2D eigenvalue weighted by atomic mass is 16.1. The Hall–Kier alpha value is -1.51. The second-order valence-electron chi connectivity index (χ2n) is 6.03. The Balaban J connectivity index is 1.97. The van der Waals surface area contributed by atoms with Gasteiger partial charge in [0, 0.05) is 23.8 Å². The molecule has 1 amide bonds. The number of benzene rings is 1. The van der Waals surface area contributed by atoms with Gasteiger partial charge in [-0.3, -0.25) is 4.79 Å². The highest BCUT2D eigenvalue weighted by molar-refractivity contribution is 5.90. The van der Waals surface area contributed by atoms with Gasteiger partial charge in [-0.15, -0.1) is 0 Å². The topological polar surface area (TPSA) is 41.1 Å². The van der Waals surface area contributed by atoms with E-state index in [0.29, 0.717) is 12.5 Å². The van der Waals surface area contributed by atoms with Crippen LogP contribution in [0, 0.1) is 11.8 Å². The molecule has 110 valence electrons. The Morgan fingerprint density at radius 2 is 1.65 bits per heavy atom. The first kappa shape index (κ1) is 14.9. The fourth-order valence-electron chi connectivity index (χ4n) is 3.06. The number of nitrogens with one attached hydrogen (secondary N) is 2. The van der Waals surface area contributed by atoms with Crippen LogP contribution < -0.4 is 10.6 Å². The van der Waals surface area contributed by atoms with E-state index < -0.39 is 0 Å². The zero-order chi connectivity index (χ0) is 14.5. The van der Waals surface area contributed by atoms with Gasteiger partial charge in [0.2, 0.25) is 5.91 Å². The van der Waals surface area contributed by atoms with Gasteiger partial charge in [-0.1, -0.05) is 27.2 Å². The first-order valence-electron chi connectivity index (χ1n) is 7.76. The molecule has 0 aliphatic heterocycles. The summed E-state index contributed by atoms with van der Waals surface area (Å²) in [6.45, 7) is 6.53. The van der Waals surface area contributed by atoms with E-state index in [2.05, 4.69) is 36.6 Å². The molecule has 2 unspecified atom stereocenters. The van der Waals surface area contributed by atoms with E-state index in [4.69, 9.17) is 0 Å². The predicted octanol–water partition coefficient (Wildman–Crippen LogP) is 4.27. The molecule has 0 spiro atoms. The van der Waals surface area contributed by atoms with Crippen LogP contribution in [0.5, 0.6) is 0 Å². The summed E-state index contributed by atoms with van der Waals surface area (Å²) in [5.41, 5.74) is 2.01. The van der Waals surface area contributed by atoms with Crippen molar-refractivity contribution in [2.24, 2.45) is 11.8 Å². The number of amides is 1. The van der Waals surface area contributed by atoms with Crippen molar-refractivity contribution in [2.75, 3.05) is 10.6 Å². The van der Waals surface area contributed by atoms with Gasteiger partial charge >= 0.3 is 0 Å². The Morgan fingerprint density at radius 3 is 2.20 bits per heavy atom. The van der Waals surface area contributed by atoms with Crippen molar-refractivity contribution in [2.45, 2.75) is 52.5 Å². The van der Waals surface area contributed by atoms with Gasteiger partial charge in [0.05, 0.1) is 0 Å². The van der Waals surface area contributed by atoms with Crippen LogP contribution in [-0.2, 0) is 4.79 Å². The van der Waals surface area contributed by atoms with Gasteiger partial charge in [0.25, 0.3) is 0 Å². The molecule has 20 heavy (non-hydrogen) atoms. The summed E-state index contributed by atoms with van der Waals surface area (Å²) in [5.74, 6) is 1.50. The molecule has 0 radical (unpaired) electrons. The summed E-state index contributed by atoms with van der Waals surface area (Å²) in [5, 5.41) is 6.54. The number of carbonyl (C=O) groups is 1. The first-order valence-corrected chi connectivity index (χ1v) is 7.76. The third kappa shape index (κ3) is 3.75. The average Bonchev–Trinajstić information content (AvgIpc) is 2.44. The largest absolute Gasteiger partial charge is 0.382 e. The molecule has 3 heteroatoms. The fraction of sp³-hybridized carbons (Fsp3) is 0.588. The number of hydrogen-bond donors (Lipinski definition) is 2. The molecule has 2 rings (SSSR count). The Labute approximate surface area is 122 Å². The van der Waals surface area contributed by atoms with E-state index in [1.807, 2.05) is 19.1 Å². The molecule has 0 aromatic heterocycles. The van der Waals surface area contributed by atoms with Gasteiger partial charge in [-0.25, -0.2) is 0 Å². The zero-order valence-electron chi connectivity index (χ0n) is 12.8. The summed E-state index contributed by atoms with van der Waals surface area (Å²) in [4.78, 5) is 11.3. The minimum absolute atomic E-state index is 0.0558. The molecule has 1 aromatic carbocycles. The van der Waals surface area contributed by atoms with Crippen LogP contribution in [0.2, 0.25) is 0 Å². The lowest BCUT2D eigenvalue weighted by atomic mass is 9.78. The molecule has 1 aromatic rings. The Bertz CT molecular complexity index is 431. The lowest BCUT2D eigenvalue weighted by molar-refractivity contribution is -0.115. The van der Waals surface area contributed by atoms with E-state index in [0.717, 1.165) is 23.2 Å². The minimum atomic E-state index is 0.0558. The summed E-state index contributed by atoms with van der Waals surface area (Å²) in [7, 11) is 0. The number of hydrogen-bond acceptors (Lipinski definition) is 2. The van der Waals surface area contributed by atoms with Crippen LogP contribution in [0.25, 0.3) is 0 Å². The van der Waals surface area contributed by atoms with E-state index in [9.17, 15) is 4.79 Å². The molecule has 0 heterocycles. The quantitative estimate of drug-likeness (QED) is 0.860. The number of rotatable bonds is 4. The normalized spacial score (nSPS) is 26.1. The van der Waals surface area contributed by atoms with Crippen LogP contribution in [0.1, 0.15) is 46.5 Å². The standard InChI is InChI=1S/C17H26N2O/c1-4-16(20)18-14-8-10-15(11-9-14)19-17-12(2)6-5-7-13(17)3/h8-13,17,19H,4-7H2,1-3H3,(H,18,20). The molecular formula is C17H26N2O. The molecule has 2 atom stereocenters. The van der Waals surface area contributed by atoms with Crippen molar-refractivity contribution in [3.63, 3.8) is 0 Å². The Kier molecular flexibility index (Phi) is 5.05. The second kappa shape index (κ2) is 6.78. The summed E-state index contributed by atoms with van der Waals surface area (Å²) >= 11 is 0. The van der Waals surface area contributed by atoms with Crippen molar-refractivity contribution < 1.29 is 4.79 Å². The lowest BCUT2D eigenvalue weighted by Gasteiger charge is -2.36. The van der Waals surface area contributed by atoms with Crippen molar-refractivity contribution in [3.05, 3.63) is 24.3 Å². The maximum absolute atomic E-state index is 11.3. The molecule has 1 aliphatic rings. The molecule has 1 saturated carbocycles. The van der Waals surface area contributed by atoms with Crippen LogP contribution in [-0.4, -0.2) is 11.9 Å². The second-order valence-corrected chi connectivity index (χ2v) is 6.03. The van der Waals surface area contributed by atoms with Gasteiger partial charge in [0.1, 0.15) is 0 Å². The molecule has 1 fully saturated rings. The Morgan fingerprint density at radius 1 is 1.10 bits per heavy atom. The van der Waals surface area contributed by atoms with E-state index in [-0.39, 0.29) is 5.91 Å². The SMILES string of the molecule is CCC(=O)Nc1ccc(NC2C(C)CCCC2C)cc1. The predicted molar refractivity (Wildman–Crippen MR) is 85.0 cm³/mol. The number of carbonyl (C=O) groups excluding carboxylic acids is 1. The van der Waals surface area contributed by atoms with Crippen LogP contribution >= 0.6 is 0 Å². The smallest absolute Gasteiger partial charge is 0.224 e. The van der Waals surface area contributed by atoms with Crippen molar-refractivity contribution >= 4 is 17.3 Å². The first-order chi connectivity index (χ1) is 9.60. The van der Waals surface area contributed by atoms with Crippen molar-refractivity contribution in [1.29, 1.82) is 0 Å². The molecular weight excluding hydrogens is 248 g/mol. The molecule has 3 nitrogen and oxygen atoms in total. The summed E-state index contributed by atoms with van der Waals surface area (Å²) in [6, 6.07) is 8.60. The van der Waals surface area contributed by atoms with Gasteiger partial charge < -0.3 is 10.6 Å². The van der Waals surface area contributed by atoms with E-state index in [1.54, 1.807) is 0 Å². The van der Waals surface area contributed by atoms with Crippen molar-refractivity contribution in [3.8, 4) is 0 Å². The summed E-state index contributed by atoms with van der Waals surface area (Å²) in [6.07, 6.45) is 4.49. The van der Waals surface area contributed by atoms with Crippen LogP contribution in [0.3, 0.4) is 0 Å². The maximum Gasteiger partial charge on any atom is 0.224 e. The van der Waals surface area contributed by atoms with Gasteiger partial charge in [-0.2, -0.15) is 0 Å². The monoisotopic (exact) mass is 274 g/mol. The maximum atomic E-state index is 11.3. The average molecular weight is 274 g/mol. The lowest BCUT2D eigenvalue weighted by Crippen LogP contribution is -2.37. The summed E-state index contributed by atoms with van der Waals surface area (Å²) < 4.78 is 0. The van der Waals surface area contributed by atoms with Crippen LogP contribution in [0.15, 0.2) is 24.3 Å². The van der Waals surface area contributed by atoms with Crippen LogP contribution in [0.4, 0.5) is 11.4 Å². The minimum Gasteiger partial charge on any atom is -0.382 e. The van der Waals surface area contributed by atoms with E-state index in [1.165, 1.54) is 19.3 Å². The zero-order valence-corrected chi connectivity index (χ0v) is 12.8. The fourth-order valence-corrected chi connectivity index (χ4v) is 3.06. The highest BCUT2D eigenvalue weighted by Crippen LogP contribution is 2.31. The third-order valence-electron chi connectivity index (χ3n) is 4.37. The molecule has 0 bridgehead atoms. The molecule has 1 aliphatic carbocycles. The number of anilines is 2. The molecule has 0 saturated heterocycles. The molecule has 2 N–H and O–H groups in total. The van der Waals surface area contributed by atoms with Gasteiger partial charge in [-0.05, 0) is 48.9 Å². The van der Waals surface area contributed by atoms with Crippen molar-refractivity contribution in [1.82, 2.24) is 0 Å². The van der Waals surface area contributed by atoms with Gasteiger partial charge in [0.15, 0.2) is 0 Å². The highest BCUT2D eigenvalue weighted by Gasteiger charge is 2.27.